The Balaban J connectivity index is 2.31. The number of aromatic nitrogens is 1. The summed E-state index contributed by atoms with van der Waals surface area (Å²) in [5.74, 6) is -4.61. The predicted octanol–water partition coefficient (Wildman–Crippen LogP) is 4.46. The lowest BCUT2D eigenvalue weighted by Crippen LogP contribution is -2.20. The minimum atomic E-state index is -4.60. The monoisotopic (exact) mass is 330 g/mol. The molecular weight excluding hydrogens is 319 g/mol. The van der Waals surface area contributed by atoms with Crippen LogP contribution in [0.5, 0.6) is 0 Å². The van der Waals surface area contributed by atoms with Crippen molar-refractivity contribution < 1.29 is 26.7 Å². The molecule has 1 aromatic heterocycles. The Kier molecular flexibility index (Phi) is 4.35. The molecule has 2 aromatic rings. The van der Waals surface area contributed by atoms with Gasteiger partial charge in [-0.25, -0.2) is 13.8 Å². The van der Waals surface area contributed by atoms with Crippen LogP contribution in [-0.2, 0) is 12.1 Å². The van der Waals surface area contributed by atoms with E-state index in [1.54, 1.807) is 0 Å². The molecule has 0 unspecified atom stereocenters. The van der Waals surface area contributed by atoms with Crippen LogP contribution in [0.4, 0.5) is 27.8 Å². The molecule has 0 bridgehead atoms. The van der Waals surface area contributed by atoms with Crippen LogP contribution < -0.4 is 5.32 Å². The molecular formula is C15H11F5N2O. The highest BCUT2D eigenvalue weighted by Gasteiger charge is 2.32. The van der Waals surface area contributed by atoms with Crippen LogP contribution >= 0.6 is 0 Å². The lowest BCUT2D eigenvalue weighted by Gasteiger charge is -2.15. The number of benzene rings is 1. The standard InChI is InChI=1S/C15H11F5N2O/c1-14(16,17)11-5-3-2-4-10(11)13(23)22-12-8-9(6-7-21-12)15(18,19)20/h2-8H,1H3,(H,21,22,23). The smallest absolute Gasteiger partial charge is 0.307 e. The highest BCUT2D eigenvalue weighted by Crippen LogP contribution is 2.31. The largest absolute Gasteiger partial charge is 0.416 e. The van der Waals surface area contributed by atoms with Crippen molar-refractivity contribution >= 4 is 11.7 Å². The van der Waals surface area contributed by atoms with Crippen molar-refractivity contribution in [2.45, 2.75) is 19.0 Å². The van der Waals surface area contributed by atoms with Crippen molar-refractivity contribution in [3.63, 3.8) is 0 Å². The van der Waals surface area contributed by atoms with Crippen LogP contribution in [0.2, 0.25) is 0 Å². The van der Waals surface area contributed by atoms with E-state index in [0.717, 1.165) is 24.4 Å². The van der Waals surface area contributed by atoms with Gasteiger partial charge in [-0.05, 0) is 18.2 Å². The number of nitrogens with zero attached hydrogens (tertiary/aromatic N) is 1. The molecule has 0 fully saturated rings. The Morgan fingerprint density at radius 1 is 1.09 bits per heavy atom. The van der Waals surface area contributed by atoms with Gasteiger partial charge in [-0.3, -0.25) is 4.79 Å². The summed E-state index contributed by atoms with van der Waals surface area (Å²) in [4.78, 5) is 15.7. The van der Waals surface area contributed by atoms with Crippen molar-refractivity contribution in [2.75, 3.05) is 5.32 Å². The van der Waals surface area contributed by atoms with Crippen molar-refractivity contribution in [3.8, 4) is 0 Å². The molecule has 0 saturated heterocycles. The highest BCUT2D eigenvalue weighted by molar-refractivity contribution is 6.05. The Labute approximate surface area is 128 Å². The van der Waals surface area contributed by atoms with E-state index in [9.17, 15) is 26.7 Å². The summed E-state index contributed by atoms with van der Waals surface area (Å²) >= 11 is 0. The fourth-order valence-electron chi connectivity index (χ4n) is 1.92. The fraction of sp³-hybridized carbons (Fsp3) is 0.200. The van der Waals surface area contributed by atoms with Crippen molar-refractivity contribution in [1.29, 1.82) is 0 Å². The number of nitrogens with one attached hydrogen (secondary N) is 1. The quantitative estimate of drug-likeness (QED) is 0.844. The van der Waals surface area contributed by atoms with E-state index in [4.69, 9.17) is 0 Å². The minimum Gasteiger partial charge on any atom is -0.307 e. The third-order valence-corrected chi connectivity index (χ3v) is 2.97. The molecule has 8 heteroatoms. The Morgan fingerprint density at radius 2 is 1.74 bits per heavy atom. The Bertz CT molecular complexity index is 722. The molecule has 0 radical (unpaired) electrons. The molecule has 1 N–H and O–H groups in total. The number of hydrogen-bond acceptors (Lipinski definition) is 2. The number of anilines is 1. The maximum Gasteiger partial charge on any atom is 0.416 e. The third-order valence-electron chi connectivity index (χ3n) is 2.97. The lowest BCUT2D eigenvalue weighted by atomic mass is 10.0. The number of amides is 1. The summed E-state index contributed by atoms with van der Waals surface area (Å²) in [7, 11) is 0. The molecule has 0 saturated carbocycles. The van der Waals surface area contributed by atoms with Crippen LogP contribution in [-0.4, -0.2) is 10.9 Å². The minimum absolute atomic E-state index is 0.334. The zero-order valence-corrected chi connectivity index (χ0v) is 11.8. The first-order valence-electron chi connectivity index (χ1n) is 6.41. The van der Waals surface area contributed by atoms with Gasteiger partial charge in [0.1, 0.15) is 5.82 Å². The first-order chi connectivity index (χ1) is 10.6. The van der Waals surface area contributed by atoms with Crippen molar-refractivity contribution in [2.24, 2.45) is 0 Å². The van der Waals surface area contributed by atoms with Gasteiger partial charge in [0.05, 0.1) is 5.56 Å². The number of carbonyl (C=O) groups is 1. The molecule has 3 nitrogen and oxygen atoms in total. The molecule has 0 aliphatic carbocycles. The molecule has 0 spiro atoms. The van der Waals surface area contributed by atoms with Gasteiger partial charge in [0.25, 0.3) is 11.8 Å². The van der Waals surface area contributed by atoms with Crippen LogP contribution in [0, 0.1) is 0 Å². The summed E-state index contributed by atoms with van der Waals surface area (Å²) in [5.41, 5.74) is -1.86. The second-order valence-electron chi connectivity index (χ2n) is 4.82. The van der Waals surface area contributed by atoms with Crippen LogP contribution in [0.25, 0.3) is 0 Å². The fourth-order valence-corrected chi connectivity index (χ4v) is 1.92. The Hall–Kier alpha value is -2.51. The van der Waals surface area contributed by atoms with Gasteiger partial charge in [-0.15, -0.1) is 0 Å². The van der Waals surface area contributed by atoms with E-state index < -0.39 is 29.1 Å². The molecule has 1 aromatic carbocycles. The van der Waals surface area contributed by atoms with E-state index in [1.807, 2.05) is 0 Å². The van der Waals surface area contributed by atoms with Gasteiger partial charge in [-0.1, -0.05) is 18.2 Å². The molecule has 2 rings (SSSR count). The zero-order chi connectivity index (χ0) is 17.3. The van der Waals surface area contributed by atoms with Crippen molar-refractivity contribution in [1.82, 2.24) is 4.98 Å². The van der Waals surface area contributed by atoms with Crippen LogP contribution in [0.3, 0.4) is 0 Å². The lowest BCUT2D eigenvalue weighted by molar-refractivity contribution is -0.137. The van der Waals surface area contributed by atoms with E-state index in [0.29, 0.717) is 13.0 Å². The summed E-state index contributed by atoms with van der Waals surface area (Å²) in [6.45, 7) is 0.627. The molecule has 0 aliphatic heterocycles. The number of pyridine rings is 1. The summed E-state index contributed by atoms with van der Waals surface area (Å²) in [6.07, 6.45) is -3.73. The SMILES string of the molecule is CC(F)(F)c1ccccc1C(=O)Nc1cc(C(F)(F)F)ccn1. The van der Waals surface area contributed by atoms with Crippen LogP contribution in [0.1, 0.15) is 28.4 Å². The van der Waals surface area contributed by atoms with Crippen molar-refractivity contribution in [3.05, 3.63) is 59.3 Å². The molecule has 0 aliphatic rings. The molecule has 1 amide bonds. The average molecular weight is 330 g/mol. The highest BCUT2D eigenvalue weighted by atomic mass is 19.4. The topological polar surface area (TPSA) is 42.0 Å². The third kappa shape index (κ3) is 4.02. The second kappa shape index (κ2) is 5.94. The summed E-state index contributed by atoms with van der Waals surface area (Å²) in [6, 6.07) is 6.33. The second-order valence-corrected chi connectivity index (χ2v) is 4.82. The Morgan fingerprint density at radius 3 is 2.35 bits per heavy atom. The number of hydrogen-bond donors (Lipinski definition) is 1. The van der Waals surface area contributed by atoms with Gasteiger partial charge in [-0.2, -0.15) is 13.2 Å². The molecule has 0 atom stereocenters. The van der Waals surface area contributed by atoms with Crippen LogP contribution in [0.15, 0.2) is 42.6 Å². The van der Waals surface area contributed by atoms with Gasteiger partial charge in [0.2, 0.25) is 0 Å². The van der Waals surface area contributed by atoms with E-state index in [2.05, 4.69) is 10.3 Å². The average Bonchev–Trinajstić information content (AvgIpc) is 2.46. The normalized spacial score (nSPS) is 12.1. The van der Waals surface area contributed by atoms with E-state index >= 15 is 0 Å². The van der Waals surface area contributed by atoms with E-state index in [1.165, 1.54) is 12.1 Å². The number of halogens is 5. The number of alkyl halides is 5. The predicted molar refractivity (Wildman–Crippen MR) is 73.2 cm³/mol. The number of rotatable bonds is 3. The maximum absolute atomic E-state index is 13.5. The first-order valence-corrected chi connectivity index (χ1v) is 6.41. The van der Waals surface area contributed by atoms with Gasteiger partial charge in [0.15, 0.2) is 0 Å². The van der Waals surface area contributed by atoms with E-state index in [-0.39, 0.29) is 11.4 Å². The summed E-state index contributed by atoms with van der Waals surface area (Å²) < 4.78 is 64.8. The first kappa shape index (κ1) is 16.9. The molecule has 1 heterocycles. The van der Waals surface area contributed by atoms with Gasteiger partial charge < -0.3 is 5.32 Å². The zero-order valence-electron chi connectivity index (χ0n) is 11.8. The van der Waals surface area contributed by atoms with Gasteiger partial charge in [0, 0.05) is 24.2 Å². The molecule has 23 heavy (non-hydrogen) atoms. The summed E-state index contributed by atoms with van der Waals surface area (Å²) in [5, 5.41) is 2.10. The molecule has 122 valence electrons. The maximum atomic E-state index is 13.5. The number of carbonyl (C=O) groups excluding carboxylic acids is 1. The van der Waals surface area contributed by atoms with Gasteiger partial charge >= 0.3 is 6.18 Å².